The summed E-state index contributed by atoms with van der Waals surface area (Å²) in [7, 11) is 0. The molecule has 0 saturated carbocycles. The van der Waals surface area contributed by atoms with E-state index in [-0.39, 0.29) is 12.1 Å². The van der Waals surface area contributed by atoms with Crippen molar-refractivity contribution < 1.29 is 14.3 Å². The molecule has 88 valence electrons. The van der Waals surface area contributed by atoms with Crippen molar-refractivity contribution >= 4 is 17.7 Å². The molecule has 0 bridgehead atoms. The van der Waals surface area contributed by atoms with Crippen molar-refractivity contribution in [3.8, 4) is 0 Å². The van der Waals surface area contributed by atoms with E-state index in [4.69, 9.17) is 21.1 Å². The zero-order valence-electron chi connectivity index (χ0n) is 9.46. The average Bonchev–Trinajstić information content (AvgIpc) is 2.15. The molecule has 5 heteroatoms. The lowest BCUT2D eigenvalue weighted by Gasteiger charge is -2.35. The van der Waals surface area contributed by atoms with Gasteiger partial charge in [-0.05, 0) is 20.8 Å². The van der Waals surface area contributed by atoms with Gasteiger partial charge in [0.2, 0.25) is 0 Å². The molecule has 0 aromatic heterocycles. The van der Waals surface area contributed by atoms with Gasteiger partial charge in [0.1, 0.15) is 5.60 Å². The van der Waals surface area contributed by atoms with Gasteiger partial charge >= 0.3 is 6.09 Å². The Kier molecular flexibility index (Phi) is 4.22. The van der Waals surface area contributed by atoms with E-state index in [9.17, 15) is 4.79 Å². The molecule has 0 aromatic rings. The average molecular weight is 236 g/mol. The van der Waals surface area contributed by atoms with Gasteiger partial charge in [-0.2, -0.15) is 0 Å². The summed E-state index contributed by atoms with van der Waals surface area (Å²) in [4.78, 5) is 13.4. The summed E-state index contributed by atoms with van der Waals surface area (Å²) in [6, 6.07) is -0.0738. The first kappa shape index (κ1) is 12.6. The van der Waals surface area contributed by atoms with Crippen LogP contribution < -0.4 is 0 Å². The van der Waals surface area contributed by atoms with E-state index < -0.39 is 5.60 Å². The lowest BCUT2D eigenvalue weighted by molar-refractivity contribution is -0.0270. The zero-order chi connectivity index (χ0) is 11.5. The smallest absolute Gasteiger partial charge is 0.410 e. The zero-order valence-corrected chi connectivity index (χ0v) is 10.2. The van der Waals surface area contributed by atoms with E-state index in [0.717, 1.165) is 0 Å². The Morgan fingerprint density at radius 3 is 2.80 bits per heavy atom. The highest BCUT2D eigenvalue weighted by atomic mass is 35.5. The Labute approximate surface area is 95.5 Å². The van der Waals surface area contributed by atoms with Crippen molar-refractivity contribution in [1.29, 1.82) is 0 Å². The molecule has 1 fully saturated rings. The molecule has 0 spiro atoms. The molecule has 4 nitrogen and oxygen atoms in total. The summed E-state index contributed by atoms with van der Waals surface area (Å²) >= 11 is 5.76. The second-order valence-electron chi connectivity index (χ2n) is 4.56. The fourth-order valence-corrected chi connectivity index (χ4v) is 1.60. The van der Waals surface area contributed by atoms with Crippen molar-refractivity contribution in [3.05, 3.63) is 0 Å². The number of carbonyl (C=O) groups is 1. The first-order chi connectivity index (χ1) is 6.94. The van der Waals surface area contributed by atoms with Gasteiger partial charge in [-0.1, -0.05) is 0 Å². The van der Waals surface area contributed by atoms with E-state index >= 15 is 0 Å². The largest absolute Gasteiger partial charge is 0.444 e. The molecule has 1 amide bonds. The van der Waals surface area contributed by atoms with Crippen LogP contribution in [0.1, 0.15) is 20.8 Å². The minimum Gasteiger partial charge on any atom is -0.444 e. The Balaban J connectivity index is 2.56. The Morgan fingerprint density at radius 2 is 2.27 bits per heavy atom. The minimum atomic E-state index is -0.466. The van der Waals surface area contributed by atoms with Gasteiger partial charge in [-0.15, -0.1) is 11.6 Å². The molecular weight excluding hydrogens is 218 g/mol. The number of rotatable bonds is 1. The molecule has 1 aliphatic heterocycles. The predicted octanol–water partition coefficient (Wildman–Crippen LogP) is 1.86. The quantitative estimate of drug-likeness (QED) is 0.652. The maximum atomic E-state index is 11.8. The third kappa shape index (κ3) is 3.87. The highest BCUT2D eigenvalue weighted by molar-refractivity contribution is 6.18. The SMILES string of the molecule is CC(C)(C)OC(=O)N1CCOCC1CCl. The van der Waals surface area contributed by atoms with E-state index in [2.05, 4.69) is 0 Å². The van der Waals surface area contributed by atoms with Crippen LogP contribution in [0.15, 0.2) is 0 Å². The molecule has 1 aliphatic rings. The molecule has 1 rings (SSSR count). The summed E-state index contributed by atoms with van der Waals surface area (Å²) in [6.07, 6.45) is -0.309. The molecule has 0 aromatic carbocycles. The van der Waals surface area contributed by atoms with Crippen LogP contribution in [0, 0.1) is 0 Å². The number of ether oxygens (including phenoxy) is 2. The molecule has 1 saturated heterocycles. The molecule has 0 aliphatic carbocycles. The van der Waals surface area contributed by atoms with Crippen molar-refractivity contribution in [2.45, 2.75) is 32.4 Å². The van der Waals surface area contributed by atoms with Gasteiger partial charge < -0.3 is 9.47 Å². The van der Waals surface area contributed by atoms with E-state index in [1.807, 2.05) is 20.8 Å². The fourth-order valence-electron chi connectivity index (χ4n) is 1.34. The normalized spacial score (nSPS) is 22.7. The van der Waals surface area contributed by atoms with E-state index in [1.165, 1.54) is 0 Å². The summed E-state index contributed by atoms with van der Waals surface area (Å²) in [5.74, 6) is 0.374. The molecule has 0 N–H and O–H groups in total. The fraction of sp³-hybridized carbons (Fsp3) is 0.900. The van der Waals surface area contributed by atoms with Crippen LogP contribution in [0.4, 0.5) is 4.79 Å². The Hall–Kier alpha value is -0.480. The summed E-state index contributed by atoms with van der Waals surface area (Å²) in [5, 5.41) is 0. The van der Waals surface area contributed by atoms with Crippen LogP contribution in [0.2, 0.25) is 0 Å². The number of hydrogen-bond donors (Lipinski definition) is 0. The second-order valence-corrected chi connectivity index (χ2v) is 4.87. The predicted molar refractivity (Wildman–Crippen MR) is 58.3 cm³/mol. The molecular formula is C10H18ClNO3. The van der Waals surface area contributed by atoms with Crippen LogP contribution in [-0.2, 0) is 9.47 Å². The van der Waals surface area contributed by atoms with E-state index in [0.29, 0.717) is 25.6 Å². The first-order valence-electron chi connectivity index (χ1n) is 5.07. The van der Waals surface area contributed by atoms with Gasteiger partial charge in [0, 0.05) is 12.4 Å². The molecule has 1 atom stereocenters. The van der Waals surface area contributed by atoms with Crippen LogP contribution in [0.5, 0.6) is 0 Å². The van der Waals surface area contributed by atoms with Crippen molar-refractivity contribution in [2.75, 3.05) is 25.6 Å². The Bertz CT molecular complexity index is 227. The van der Waals surface area contributed by atoms with Crippen LogP contribution in [0.25, 0.3) is 0 Å². The highest BCUT2D eigenvalue weighted by Crippen LogP contribution is 2.15. The van der Waals surface area contributed by atoms with Gasteiger partial charge in [-0.3, -0.25) is 4.90 Å². The van der Waals surface area contributed by atoms with Crippen molar-refractivity contribution in [1.82, 2.24) is 4.90 Å². The number of amides is 1. The maximum absolute atomic E-state index is 11.8. The summed E-state index contributed by atoms with van der Waals surface area (Å²) in [5.41, 5.74) is -0.466. The number of hydrogen-bond acceptors (Lipinski definition) is 3. The lowest BCUT2D eigenvalue weighted by atomic mass is 10.2. The molecule has 1 unspecified atom stereocenters. The van der Waals surface area contributed by atoms with Gasteiger partial charge in [0.15, 0.2) is 0 Å². The molecule has 1 heterocycles. The monoisotopic (exact) mass is 235 g/mol. The first-order valence-corrected chi connectivity index (χ1v) is 5.61. The molecule has 15 heavy (non-hydrogen) atoms. The summed E-state index contributed by atoms with van der Waals surface area (Å²) in [6.45, 7) is 7.13. The van der Waals surface area contributed by atoms with Crippen LogP contribution >= 0.6 is 11.6 Å². The Morgan fingerprint density at radius 1 is 1.60 bits per heavy atom. The van der Waals surface area contributed by atoms with Gasteiger partial charge in [-0.25, -0.2) is 4.79 Å². The third-order valence-corrected chi connectivity index (χ3v) is 2.39. The maximum Gasteiger partial charge on any atom is 0.410 e. The van der Waals surface area contributed by atoms with Gasteiger partial charge in [0.25, 0.3) is 0 Å². The number of halogens is 1. The topological polar surface area (TPSA) is 38.8 Å². The number of nitrogens with zero attached hydrogens (tertiary/aromatic N) is 1. The number of carbonyl (C=O) groups excluding carboxylic acids is 1. The van der Waals surface area contributed by atoms with Crippen molar-refractivity contribution in [2.24, 2.45) is 0 Å². The highest BCUT2D eigenvalue weighted by Gasteiger charge is 2.30. The lowest BCUT2D eigenvalue weighted by Crippen LogP contribution is -2.51. The number of morpholine rings is 1. The number of alkyl halides is 1. The van der Waals surface area contributed by atoms with Crippen LogP contribution in [0.3, 0.4) is 0 Å². The minimum absolute atomic E-state index is 0.0738. The molecule has 0 radical (unpaired) electrons. The van der Waals surface area contributed by atoms with E-state index in [1.54, 1.807) is 4.90 Å². The van der Waals surface area contributed by atoms with Crippen LogP contribution in [-0.4, -0.2) is 48.3 Å². The van der Waals surface area contributed by atoms with Crippen molar-refractivity contribution in [3.63, 3.8) is 0 Å². The second kappa shape index (κ2) is 5.03. The standard InChI is InChI=1S/C10H18ClNO3/c1-10(2,3)15-9(13)12-4-5-14-7-8(12)6-11/h8H,4-7H2,1-3H3. The van der Waals surface area contributed by atoms with Gasteiger partial charge in [0.05, 0.1) is 19.3 Å². The third-order valence-electron chi connectivity index (χ3n) is 2.03. The summed E-state index contributed by atoms with van der Waals surface area (Å²) < 4.78 is 10.5.